The van der Waals surface area contributed by atoms with Gasteiger partial charge in [-0.2, -0.15) is 10.5 Å². The number of nitrogens with one attached hydrogen (secondary N) is 2. The van der Waals surface area contributed by atoms with Crippen LogP contribution in [-0.4, -0.2) is 11.8 Å². The molecule has 0 spiro atoms. The first-order valence-electron chi connectivity index (χ1n) is 8.59. The van der Waals surface area contributed by atoms with Gasteiger partial charge in [-0.15, -0.1) is 0 Å². The zero-order valence-corrected chi connectivity index (χ0v) is 14.8. The molecule has 0 radical (unpaired) electrons. The Morgan fingerprint density at radius 3 is 1.44 bits per heavy atom. The summed E-state index contributed by atoms with van der Waals surface area (Å²) in [6, 6.07) is 21.6. The van der Waals surface area contributed by atoms with Crippen LogP contribution in [0.2, 0.25) is 0 Å². The van der Waals surface area contributed by atoms with Gasteiger partial charge in [-0.25, -0.2) is 0 Å². The number of carbonyl (C=O) groups excluding carboxylic acids is 2. The van der Waals surface area contributed by atoms with Crippen molar-refractivity contribution in [1.82, 2.24) is 0 Å². The van der Waals surface area contributed by atoms with Crippen LogP contribution >= 0.6 is 0 Å². The van der Waals surface area contributed by atoms with Crippen molar-refractivity contribution in [3.8, 4) is 12.1 Å². The van der Waals surface area contributed by atoms with Gasteiger partial charge in [0.1, 0.15) is 5.41 Å². The molecule has 6 heteroatoms. The van der Waals surface area contributed by atoms with Crippen LogP contribution < -0.4 is 10.6 Å². The Morgan fingerprint density at radius 2 is 1.11 bits per heavy atom. The minimum absolute atomic E-state index is 0.0237. The van der Waals surface area contributed by atoms with Gasteiger partial charge in [0, 0.05) is 24.2 Å². The highest BCUT2D eigenvalue weighted by atomic mass is 16.2. The number of rotatable bonds is 8. The average molecular weight is 360 g/mol. The fourth-order valence-electron chi connectivity index (χ4n) is 2.77. The number of anilines is 2. The van der Waals surface area contributed by atoms with Crippen molar-refractivity contribution in [2.45, 2.75) is 25.7 Å². The Balaban J connectivity index is 2.34. The molecule has 27 heavy (non-hydrogen) atoms. The smallest absolute Gasteiger partial charge is 0.240 e. The average Bonchev–Trinajstić information content (AvgIpc) is 2.70. The molecule has 2 amide bonds. The van der Waals surface area contributed by atoms with Crippen molar-refractivity contribution < 1.29 is 9.59 Å². The SMILES string of the molecule is N#CCCC(CCC#N)(C(=O)Nc1ccccc1)C(=O)Nc1ccccc1. The molecule has 0 saturated heterocycles. The minimum Gasteiger partial charge on any atom is -0.325 e. The van der Waals surface area contributed by atoms with E-state index >= 15 is 0 Å². The van der Waals surface area contributed by atoms with Crippen LogP contribution in [0.5, 0.6) is 0 Å². The lowest BCUT2D eigenvalue weighted by molar-refractivity contribution is -0.138. The summed E-state index contributed by atoms with van der Waals surface area (Å²) in [4.78, 5) is 26.2. The van der Waals surface area contributed by atoms with Crippen molar-refractivity contribution in [2.24, 2.45) is 5.41 Å². The normalized spacial score (nSPS) is 10.3. The first-order chi connectivity index (χ1) is 13.1. The zero-order chi connectivity index (χ0) is 19.5. The summed E-state index contributed by atoms with van der Waals surface area (Å²) in [6.45, 7) is 0. The number of hydrogen-bond donors (Lipinski definition) is 2. The van der Waals surface area contributed by atoms with Crippen LogP contribution in [0.25, 0.3) is 0 Å². The molecule has 0 aliphatic heterocycles. The van der Waals surface area contributed by atoms with Crippen molar-refractivity contribution in [1.29, 1.82) is 10.5 Å². The van der Waals surface area contributed by atoms with E-state index in [1.807, 2.05) is 24.3 Å². The highest BCUT2D eigenvalue weighted by molar-refractivity contribution is 6.14. The zero-order valence-electron chi connectivity index (χ0n) is 14.8. The monoisotopic (exact) mass is 360 g/mol. The lowest BCUT2D eigenvalue weighted by Crippen LogP contribution is -2.46. The molecule has 6 nitrogen and oxygen atoms in total. The predicted octanol–water partition coefficient (Wildman–Crippen LogP) is 3.86. The van der Waals surface area contributed by atoms with E-state index in [1.165, 1.54) is 0 Å². The fourth-order valence-corrected chi connectivity index (χ4v) is 2.77. The molecule has 0 atom stereocenters. The third-order valence-corrected chi connectivity index (χ3v) is 4.26. The van der Waals surface area contributed by atoms with E-state index in [0.717, 1.165) is 0 Å². The van der Waals surface area contributed by atoms with Crippen LogP contribution in [0.4, 0.5) is 11.4 Å². The van der Waals surface area contributed by atoms with E-state index in [2.05, 4.69) is 10.6 Å². The van der Waals surface area contributed by atoms with E-state index in [0.29, 0.717) is 11.4 Å². The summed E-state index contributed by atoms with van der Waals surface area (Å²) < 4.78 is 0. The van der Waals surface area contributed by atoms with Gasteiger partial charge in [-0.05, 0) is 37.1 Å². The summed E-state index contributed by atoms with van der Waals surface area (Å²) in [5.74, 6) is -1.04. The van der Waals surface area contributed by atoms with Gasteiger partial charge in [0.25, 0.3) is 0 Å². The molecule has 0 fully saturated rings. The molecule has 0 heterocycles. The second kappa shape index (κ2) is 9.74. The number of carbonyl (C=O) groups is 2. The van der Waals surface area contributed by atoms with Gasteiger partial charge in [0.2, 0.25) is 11.8 Å². The largest absolute Gasteiger partial charge is 0.325 e. The third-order valence-electron chi connectivity index (χ3n) is 4.26. The quantitative estimate of drug-likeness (QED) is 0.697. The Hall–Kier alpha value is -3.64. The van der Waals surface area contributed by atoms with E-state index in [9.17, 15) is 9.59 Å². The highest BCUT2D eigenvalue weighted by Crippen LogP contribution is 2.33. The first-order valence-corrected chi connectivity index (χ1v) is 8.59. The number of amides is 2. The molecule has 0 aromatic heterocycles. The van der Waals surface area contributed by atoms with Gasteiger partial charge in [-0.1, -0.05) is 36.4 Å². The molecule has 136 valence electrons. The summed E-state index contributed by atoms with van der Waals surface area (Å²) in [6.07, 6.45) is 0.108. The summed E-state index contributed by atoms with van der Waals surface area (Å²) in [5.41, 5.74) is -0.418. The molecular weight excluding hydrogens is 340 g/mol. The molecule has 0 saturated carbocycles. The van der Waals surface area contributed by atoms with Gasteiger partial charge in [0.15, 0.2) is 0 Å². The van der Waals surface area contributed by atoms with E-state index in [-0.39, 0.29) is 25.7 Å². The first kappa shape index (κ1) is 19.7. The Kier molecular flexibility index (Phi) is 7.10. The molecule has 2 N–H and O–H groups in total. The lowest BCUT2D eigenvalue weighted by Gasteiger charge is -2.30. The van der Waals surface area contributed by atoms with Crippen LogP contribution in [0, 0.1) is 28.1 Å². The highest BCUT2D eigenvalue weighted by Gasteiger charge is 2.45. The minimum atomic E-state index is -1.52. The summed E-state index contributed by atoms with van der Waals surface area (Å²) in [7, 11) is 0. The van der Waals surface area contributed by atoms with Gasteiger partial charge < -0.3 is 10.6 Å². The molecule has 2 aromatic rings. The Morgan fingerprint density at radius 1 is 0.741 bits per heavy atom. The maximum atomic E-state index is 13.1. The second-order valence-corrected chi connectivity index (χ2v) is 6.04. The van der Waals surface area contributed by atoms with E-state index < -0.39 is 17.2 Å². The van der Waals surface area contributed by atoms with Crippen molar-refractivity contribution in [2.75, 3.05) is 10.6 Å². The van der Waals surface area contributed by atoms with Gasteiger partial charge in [-0.3, -0.25) is 9.59 Å². The third kappa shape index (κ3) is 5.17. The van der Waals surface area contributed by atoms with E-state index in [1.54, 1.807) is 48.5 Å². The maximum Gasteiger partial charge on any atom is 0.240 e. The Labute approximate surface area is 158 Å². The van der Waals surface area contributed by atoms with Crippen molar-refractivity contribution in [3.63, 3.8) is 0 Å². The number of benzene rings is 2. The fraction of sp³-hybridized carbons (Fsp3) is 0.238. The number of nitrogens with zero attached hydrogens (tertiary/aromatic N) is 2. The lowest BCUT2D eigenvalue weighted by atomic mass is 9.77. The van der Waals surface area contributed by atoms with Crippen LogP contribution in [0.1, 0.15) is 25.7 Å². The van der Waals surface area contributed by atoms with Crippen LogP contribution in [0.3, 0.4) is 0 Å². The predicted molar refractivity (Wildman–Crippen MR) is 102 cm³/mol. The molecule has 0 bridgehead atoms. The van der Waals surface area contributed by atoms with Gasteiger partial charge >= 0.3 is 0 Å². The van der Waals surface area contributed by atoms with E-state index in [4.69, 9.17) is 10.5 Å². The topological polar surface area (TPSA) is 106 Å². The maximum absolute atomic E-state index is 13.1. The molecule has 0 unspecified atom stereocenters. The molecule has 0 aliphatic carbocycles. The van der Waals surface area contributed by atoms with Crippen LogP contribution in [-0.2, 0) is 9.59 Å². The number of hydrogen-bond acceptors (Lipinski definition) is 4. The second-order valence-electron chi connectivity index (χ2n) is 6.04. The standard InChI is InChI=1S/C21H20N4O2/c22-15-7-13-21(14-8-16-23,19(26)24-17-9-3-1-4-10-17)20(27)25-18-11-5-2-6-12-18/h1-6,9-12H,7-8,13-14H2,(H,24,26)(H,25,27). The molecule has 2 rings (SSSR count). The molecule has 0 aliphatic rings. The number of nitriles is 2. The van der Waals surface area contributed by atoms with Gasteiger partial charge in [0.05, 0.1) is 12.1 Å². The molecular formula is C21H20N4O2. The summed E-state index contributed by atoms with van der Waals surface area (Å²) >= 11 is 0. The molecule has 2 aromatic carbocycles. The van der Waals surface area contributed by atoms with Crippen molar-refractivity contribution >= 4 is 23.2 Å². The van der Waals surface area contributed by atoms with Crippen LogP contribution in [0.15, 0.2) is 60.7 Å². The number of para-hydroxylation sites is 2. The van der Waals surface area contributed by atoms with Crippen molar-refractivity contribution in [3.05, 3.63) is 60.7 Å². The Bertz CT molecular complexity index is 778. The summed E-state index contributed by atoms with van der Waals surface area (Å²) in [5, 5.41) is 23.5.